The van der Waals surface area contributed by atoms with E-state index >= 15 is 0 Å². The molecule has 57 heavy (non-hydrogen) atoms. The Morgan fingerprint density at radius 2 is 1.58 bits per heavy atom. The van der Waals surface area contributed by atoms with E-state index in [1.807, 2.05) is 5.43 Å². The number of hydrogen-bond acceptors (Lipinski definition) is 8. The predicted molar refractivity (Wildman–Crippen MR) is 216 cm³/mol. The predicted octanol–water partition coefficient (Wildman–Crippen LogP) is 5.23. The standard InChI is InChI=1S/C41H64BN7O8/c1-27(2)24-34(42-56-33-26-28-25-32(40(28,3)4)41(33,5)57-42)46-36(51)31(20-17-22-44-39(43)47-49(54)55)45-35(50)21-13-11-9-7-6-8-10-12-16-23-48-37(52)29-18-14-15-19-30(29)38(48)53/h14-15,18-19,27-28,31-34H,6-13,16-17,20-26H2,1-5H3,(H5-,43,44,45,46,47,50,51,54,55)/p+1/t28-,31-,32-,33+,34-,41-/m0/s1. The van der Waals surface area contributed by atoms with Gasteiger partial charge < -0.3 is 25.7 Å². The molecule has 15 nitrogen and oxygen atoms in total. The number of hydrazine groups is 1. The summed E-state index contributed by atoms with van der Waals surface area (Å²) in [7, 11) is -0.591. The summed E-state index contributed by atoms with van der Waals surface area (Å²) in [4.78, 5) is 68.4. The molecule has 1 saturated heterocycles. The van der Waals surface area contributed by atoms with Crippen LogP contribution in [0.1, 0.15) is 152 Å². The number of benzene rings is 1. The van der Waals surface area contributed by atoms with Gasteiger partial charge >= 0.3 is 12.2 Å². The largest absolute Gasteiger partial charge is 0.481 e. The number of nitrogens with zero attached hydrogens (tertiary/aromatic N) is 3. The molecule has 2 heterocycles. The van der Waals surface area contributed by atoms with E-state index in [0.717, 1.165) is 64.2 Å². The summed E-state index contributed by atoms with van der Waals surface area (Å²) in [5, 5.41) is 14.4. The fourth-order valence-corrected chi connectivity index (χ4v) is 9.50. The van der Waals surface area contributed by atoms with Crippen LogP contribution < -0.4 is 21.8 Å². The van der Waals surface area contributed by atoms with Gasteiger partial charge in [0.25, 0.3) is 17.8 Å². The van der Waals surface area contributed by atoms with Gasteiger partial charge in [-0.1, -0.05) is 84.8 Å². The molecule has 16 heteroatoms. The van der Waals surface area contributed by atoms with Gasteiger partial charge in [0.15, 0.2) is 0 Å². The molecule has 6 N–H and O–H groups in total. The Balaban J connectivity index is 1.03. The van der Waals surface area contributed by atoms with E-state index in [4.69, 9.17) is 20.2 Å². The number of nitrogens with two attached hydrogens (primary N) is 1. The van der Waals surface area contributed by atoms with E-state index in [9.17, 15) is 24.1 Å². The summed E-state index contributed by atoms with van der Waals surface area (Å²) in [6.07, 6.45) is 12.3. The highest BCUT2D eigenvalue weighted by Gasteiger charge is 2.68. The third-order valence-corrected chi connectivity index (χ3v) is 12.8. The van der Waals surface area contributed by atoms with Crippen molar-refractivity contribution in [3.8, 4) is 0 Å². The molecule has 3 saturated carbocycles. The molecule has 5 aliphatic rings. The monoisotopic (exact) mass is 794 g/mol. The number of amides is 4. The second kappa shape index (κ2) is 19.6. The van der Waals surface area contributed by atoms with Gasteiger partial charge in [0.2, 0.25) is 11.8 Å². The lowest BCUT2D eigenvalue weighted by Gasteiger charge is -2.64. The Labute approximate surface area is 337 Å². The molecule has 4 amide bonds. The third kappa shape index (κ3) is 10.9. The maximum Gasteiger partial charge on any atom is 0.481 e. The third-order valence-electron chi connectivity index (χ3n) is 12.8. The van der Waals surface area contributed by atoms with E-state index in [1.54, 1.807) is 24.3 Å². The Bertz CT molecular complexity index is 1610. The first-order valence-electron chi connectivity index (χ1n) is 21.2. The second-order valence-electron chi connectivity index (χ2n) is 17.7. The van der Waals surface area contributed by atoms with Gasteiger partial charge in [-0.2, -0.15) is 0 Å². The number of rotatable bonds is 23. The van der Waals surface area contributed by atoms with E-state index < -0.39 is 29.7 Å². The Hall–Kier alpha value is -4.05. The average molecular weight is 795 g/mol. The Morgan fingerprint density at radius 1 is 0.965 bits per heavy atom. The lowest BCUT2D eigenvalue weighted by atomic mass is 9.43. The van der Waals surface area contributed by atoms with Crippen LogP contribution in [0.25, 0.3) is 0 Å². The first-order valence-corrected chi connectivity index (χ1v) is 21.2. The fraction of sp³-hybridized carbons (Fsp3) is 0.732. The molecule has 4 fully saturated rings. The quantitative estimate of drug-likeness (QED) is 0.0244. The zero-order chi connectivity index (χ0) is 41.3. The van der Waals surface area contributed by atoms with Crippen molar-refractivity contribution in [2.75, 3.05) is 13.1 Å². The van der Waals surface area contributed by atoms with E-state index in [-0.39, 0.29) is 60.0 Å². The van der Waals surface area contributed by atoms with Crippen LogP contribution in [0.15, 0.2) is 29.3 Å². The van der Waals surface area contributed by atoms with Crippen molar-refractivity contribution in [2.45, 2.75) is 155 Å². The van der Waals surface area contributed by atoms with Crippen molar-refractivity contribution in [3.05, 3.63) is 40.3 Å². The summed E-state index contributed by atoms with van der Waals surface area (Å²) in [5.74, 6) is -0.325. The minimum atomic E-state index is -0.826. The minimum absolute atomic E-state index is 0.0208. The molecule has 1 aromatic rings. The molecule has 0 spiro atoms. The first-order chi connectivity index (χ1) is 27.1. The SMILES string of the molecule is CC(C)C[C@H](NC(=O)[C@H](CCCN=C(N)N[N+](=O)O)NC(=O)CCCCCCCCCCCN1C(=O)c2ccccc2C1=O)B1O[C@@H]2C[C@@H]3C[C@@H](C3(C)C)[C@]2(C)O1. The molecule has 0 radical (unpaired) electrons. The lowest BCUT2D eigenvalue weighted by molar-refractivity contribution is -0.822. The number of unbranched alkanes of at least 4 members (excludes halogenated alkanes) is 8. The zero-order valence-corrected chi connectivity index (χ0v) is 34.6. The van der Waals surface area contributed by atoms with Crippen LogP contribution in [-0.4, -0.2) is 88.6 Å². The Morgan fingerprint density at radius 3 is 2.18 bits per heavy atom. The van der Waals surface area contributed by atoms with E-state index in [2.05, 4.69) is 50.2 Å². The van der Waals surface area contributed by atoms with E-state index in [0.29, 0.717) is 55.2 Å². The molecule has 6 rings (SSSR count). The Kier molecular flexibility index (Phi) is 15.2. The zero-order valence-electron chi connectivity index (χ0n) is 34.6. The summed E-state index contributed by atoms with van der Waals surface area (Å²) >= 11 is 0. The first kappa shape index (κ1) is 44.1. The number of imide groups is 1. The average Bonchev–Trinajstić information content (AvgIpc) is 3.63. The number of carbonyl (C=O) groups excluding carboxylic acids is 4. The second-order valence-corrected chi connectivity index (χ2v) is 17.7. The van der Waals surface area contributed by atoms with Crippen molar-refractivity contribution >= 4 is 36.7 Å². The van der Waals surface area contributed by atoms with Crippen LogP contribution in [0, 0.1) is 28.1 Å². The molecule has 0 unspecified atom stereocenters. The summed E-state index contributed by atoms with van der Waals surface area (Å²) in [6, 6.07) is 6.15. The highest BCUT2D eigenvalue weighted by Crippen LogP contribution is 2.65. The molecule has 2 aliphatic heterocycles. The van der Waals surface area contributed by atoms with Crippen molar-refractivity contribution in [2.24, 2.45) is 33.9 Å². The summed E-state index contributed by atoms with van der Waals surface area (Å²) in [6.45, 7) is 11.6. The smallest absolute Gasteiger partial charge is 0.404 e. The minimum Gasteiger partial charge on any atom is -0.404 e. The highest BCUT2D eigenvalue weighted by molar-refractivity contribution is 6.48. The molecule has 6 atom stereocenters. The molecule has 2 bridgehead atoms. The van der Waals surface area contributed by atoms with Gasteiger partial charge in [0.05, 0.1) is 28.8 Å². The van der Waals surface area contributed by atoms with Crippen LogP contribution in [-0.2, 0) is 18.9 Å². The molecular formula is C41H65BN7O8+. The number of carbonyl (C=O) groups is 4. The van der Waals surface area contributed by atoms with Crippen molar-refractivity contribution < 1.29 is 38.7 Å². The molecule has 314 valence electrons. The normalized spacial score (nSPS) is 24.5. The topological polar surface area (TPSA) is 205 Å². The van der Waals surface area contributed by atoms with Gasteiger partial charge in [0, 0.05) is 19.5 Å². The fourth-order valence-electron chi connectivity index (χ4n) is 9.50. The van der Waals surface area contributed by atoms with Crippen LogP contribution in [0.5, 0.6) is 0 Å². The van der Waals surface area contributed by atoms with E-state index in [1.165, 1.54) is 4.90 Å². The number of guanidine groups is 1. The maximum atomic E-state index is 13.9. The summed E-state index contributed by atoms with van der Waals surface area (Å²) in [5.41, 5.74) is 8.30. The van der Waals surface area contributed by atoms with Gasteiger partial charge in [-0.25, -0.2) is 10.2 Å². The van der Waals surface area contributed by atoms with Crippen LogP contribution in [0.3, 0.4) is 0 Å². The summed E-state index contributed by atoms with van der Waals surface area (Å²) < 4.78 is 13.3. The van der Waals surface area contributed by atoms with Gasteiger partial charge in [-0.05, 0) is 92.6 Å². The van der Waals surface area contributed by atoms with Crippen LogP contribution in [0.4, 0.5) is 0 Å². The molecular weight excluding hydrogens is 729 g/mol. The molecule has 1 aromatic carbocycles. The molecule has 0 aromatic heterocycles. The van der Waals surface area contributed by atoms with Crippen molar-refractivity contribution in [1.29, 1.82) is 0 Å². The molecule has 3 aliphatic carbocycles. The number of hydrogen-bond donors (Lipinski definition) is 5. The van der Waals surface area contributed by atoms with Gasteiger partial charge in [-0.3, -0.25) is 24.1 Å². The number of nitrogens with one attached hydrogen (secondary N) is 3. The lowest BCUT2D eigenvalue weighted by Crippen LogP contribution is -2.65. The van der Waals surface area contributed by atoms with Crippen LogP contribution in [0.2, 0.25) is 0 Å². The number of fused-ring (bicyclic) bond motifs is 1. The van der Waals surface area contributed by atoms with Crippen LogP contribution >= 0.6 is 0 Å². The van der Waals surface area contributed by atoms with Gasteiger partial charge in [0.1, 0.15) is 10.9 Å². The highest BCUT2D eigenvalue weighted by atomic mass is 16.7. The van der Waals surface area contributed by atoms with Crippen molar-refractivity contribution in [1.82, 2.24) is 21.0 Å². The number of aliphatic imine (C=N–C) groups is 1. The van der Waals surface area contributed by atoms with Crippen molar-refractivity contribution in [3.63, 3.8) is 0 Å². The maximum absolute atomic E-state index is 13.9. The van der Waals surface area contributed by atoms with Gasteiger partial charge in [-0.15, -0.1) is 0 Å².